The summed E-state index contributed by atoms with van der Waals surface area (Å²) in [6, 6.07) is 0. The Hall–Kier alpha value is -1.96. The Balaban J connectivity index is 2.34. The summed E-state index contributed by atoms with van der Waals surface area (Å²) in [6.07, 6.45) is 2.21. The fraction of sp³-hybridized carbons (Fsp3) is 0.556. The Kier molecular flexibility index (Phi) is 5.08. The number of amides is 1. The molecule has 8 heteroatoms. The number of nitrogens with two attached hydrogens (primary N) is 1. The van der Waals surface area contributed by atoms with Crippen LogP contribution in [0.3, 0.4) is 0 Å². The first-order chi connectivity index (χ1) is 8.11. The zero-order chi connectivity index (χ0) is 12.7. The van der Waals surface area contributed by atoms with Gasteiger partial charge in [0.05, 0.1) is 13.2 Å². The zero-order valence-electron chi connectivity index (χ0n) is 9.24. The van der Waals surface area contributed by atoms with E-state index in [-0.39, 0.29) is 12.5 Å². The number of rotatable bonds is 4. The van der Waals surface area contributed by atoms with Crippen molar-refractivity contribution in [3.05, 3.63) is 22.0 Å². The Morgan fingerprint density at radius 1 is 1.53 bits per heavy atom. The van der Waals surface area contributed by atoms with Crippen molar-refractivity contribution in [2.75, 3.05) is 32.8 Å². The topological polar surface area (TPSA) is 111 Å². The minimum atomic E-state index is -0.726. The molecule has 1 heterocycles. The van der Waals surface area contributed by atoms with E-state index >= 15 is 0 Å². The maximum absolute atomic E-state index is 11.5. The van der Waals surface area contributed by atoms with Gasteiger partial charge in [-0.25, -0.2) is 0 Å². The number of ether oxygens (including phenoxy) is 1. The second-order valence-corrected chi connectivity index (χ2v) is 3.33. The summed E-state index contributed by atoms with van der Waals surface area (Å²) >= 11 is 0. The SMILES string of the molecule is NC(=CC=NCC(=O)N1CCOCC1)[N+](=O)[O-]. The summed E-state index contributed by atoms with van der Waals surface area (Å²) in [7, 11) is 0. The molecule has 0 aromatic rings. The molecule has 0 saturated carbocycles. The van der Waals surface area contributed by atoms with E-state index < -0.39 is 10.7 Å². The van der Waals surface area contributed by atoms with E-state index in [4.69, 9.17) is 10.5 Å². The maximum atomic E-state index is 11.5. The first-order valence-electron chi connectivity index (χ1n) is 5.06. The number of hydrogen-bond donors (Lipinski definition) is 1. The molecule has 1 amide bonds. The molecule has 0 atom stereocenters. The Morgan fingerprint density at radius 2 is 2.18 bits per heavy atom. The summed E-state index contributed by atoms with van der Waals surface area (Å²) in [5.41, 5.74) is 5.04. The van der Waals surface area contributed by atoms with Crippen LogP contribution >= 0.6 is 0 Å². The van der Waals surface area contributed by atoms with Crippen molar-refractivity contribution in [1.29, 1.82) is 0 Å². The Labute approximate surface area is 97.9 Å². The van der Waals surface area contributed by atoms with E-state index in [1.165, 1.54) is 0 Å². The minimum Gasteiger partial charge on any atom is -0.378 e. The third-order valence-electron chi connectivity index (χ3n) is 2.15. The lowest BCUT2D eigenvalue weighted by Gasteiger charge is -2.26. The molecule has 0 aromatic carbocycles. The first-order valence-corrected chi connectivity index (χ1v) is 5.06. The highest BCUT2D eigenvalue weighted by Gasteiger charge is 2.15. The van der Waals surface area contributed by atoms with Gasteiger partial charge in [-0.15, -0.1) is 0 Å². The predicted molar refractivity (Wildman–Crippen MR) is 60.0 cm³/mol. The van der Waals surface area contributed by atoms with Crippen LogP contribution in [-0.2, 0) is 9.53 Å². The van der Waals surface area contributed by atoms with Gasteiger partial charge < -0.3 is 19.8 Å². The van der Waals surface area contributed by atoms with E-state index in [9.17, 15) is 14.9 Å². The second-order valence-electron chi connectivity index (χ2n) is 3.33. The monoisotopic (exact) mass is 242 g/mol. The number of allylic oxidation sites excluding steroid dienone is 1. The number of hydrogen-bond acceptors (Lipinski definition) is 6. The van der Waals surface area contributed by atoms with E-state index in [1.54, 1.807) is 4.90 Å². The molecule has 94 valence electrons. The summed E-state index contributed by atoms with van der Waals surface area (Å²) < 4.78 is 5.10. The summed E-state index contributed by atoms with van der Waals surface area (Å²) in [4.78, 5) is 26.3. The van der Waals surface area contributed by atoms with Crippen LogP contribution in [-0.4, -0.2) is 54.8 Å². The van der Waals surface area contributed by atoms with Gasteiger partial charge in [0.25, 0.3) is 0 Å². The largest absolute Gasteiger partial charge is 0.378 e. The second kappa shape index (κ2) is 6.59. The van der Waals surface area contributed by atoms with Crippen LogP contribution in [0.4, 0.5) is 0 Å². The van der Waals surface area contributed by atoms with Gasteiger partial charge >= 0.3 is 5.82 Å². The van der Waals surface area contributed by atoms with Crippen molar-refractivity contribution < 1.29 is 14.5 Å². The first kappa shape index (κ1) is 13.1. The standard InChI is InChI=1S/C9H14N4O4/c10-8(13(15)16)1-2-11-7-9(14)12-3-5-17-6-4-12/h1-2H,3-7,10H2. The molecule has 8 nitrogen and oxygen atoms in total. The number of carbonyl (C=O) groups is 1. The van der Waals surface area contributed by atoms with E-state index in [0.29, 0.717) is 26.3 Å². The van der Waals surface area contributed by atoms with Crippen molar-refractivity contribution in [2.24, 2.45) is 10.7 Å². The molecule has 1 aliphatic heterocycles. The number of morpholine rings is 1. The van der Waals surface area contributed by atoms with E-state index in [2.05, 4.69) is 4.99 Å². The summed E-state index contributed by atoms with van der Waals surface area (Å²) in [5, 5.41) is 10.1. The lowest BCUT2D eigenvalue weighted by atomic mass is 10.4. The van der Waals surface area contributed by atoms with Crippen molar-refractivity contribution in [1.82, 2.24) is 4.90 Å². The van der Waals surface area contributed by atoms with Crippen molar-refractivity contribution >= 4 is 12.1 Å². The molecular weight excluding hydrogens is 228 g/mol. The third-order valence-corrected chi connectivity index (χ3v) is 2.15. The van der Waals surface area contributed by atoms with E-state index in [0.717, 1.165) is 12.3 Å². The van der Waals surface area contributed by atoms with Gasteiger partial charge in [-0.05, 0) is 4.92 Å². The third kappa shape index (κ3) is 4.60. The molecule has 1 rings (SSSR count). The Bertz CT molecular complexity index is 347. The number of aliphatic imine (C=N–C) groups is 1. The van der Waals surface area contributed by atoms with Crippen molar-refractivity contribution in [3.8, 4) is 0 Å². The molecular formula is C9H14N4O4. The highest BCUT2D eigenvalue weighted by molar-refractivity contribution is 5.81. The fourth-order valence-corrected chi connectivity index (χ4v) is 1.23. The minimum absolute atomic E-state index is 0.0402. The van der Waals surface area contributed by atoms with Crippen LogP contribution in [0, 0.1) is 10.1 Å². The molecule has 0 unspecified atom stereocenters. The van der Waals surface area contributed by atoms with Gasteiger partial charge in [0.1, 0.15) is 6.54 Å². The lowest BCUT2D eigenvalue weighted by molar-refractivity contribution is -0.426. The van der Waals surface area contributed by atoms with Crippen LogP contribution in [0.2, 0.25) is 0 Å². The van der Waals surface area contributed by atoms with E-state index in [1.807, 2.05) is 0 Å². The van der Waals surface area contributed by atoms with Gasteiger partial charge in [-0.3, -0.25) is 15.5 Å². The van der Waals surface area contributed by atoms with Crippen LogP contribution < -0.4 is 5.73 Å². The molecule has 1 aliphatic rings. The lowest BCUT2D eigenvalue weighted by Crippen LogP contribution is -2.41. The molecule has 17 heavy (non-hydrogen) atoms. The fourth-order valence-electron chi connectivity index (χ4n) is 1.23. The van der Waals surface area contributed by atoms with Gasteiger partial charge in [0.2, 0.25) is 5.91 Å². The molecule has 2 N–H and O–H groups in total. The molecule has 1 fully saturated rings. The normalized spacial score (nSPS) is 17.4. The van der Waals surface area contributed by atoms with Crippen molar-refractivity contribution in [3.63, 3.8) is 0 Å². The van der Waals surface area contributed by atoms with Crippen molar-refractivity contribution in [2.45, 2.75) is 0 Å². The van der Waals surface area contributed by atoms with Crippen LogP contribution in [0.15, 0.2) is 16.9 Å². The van der Waals surface area contributed by atoms with Crippen LogP contribution in [0.25, 0.3) is 0 Å². The number of nitro groups is 1. The smallest absolute Gasteiger partial charge is 0.315 e. The average molecular weight is 242 g/mol. The molecule has 0 aromatic heterocycles. The van der Waals surface area contributed by atoms with Gasteiger partial charge in [-0.2, -0.15) is 0 Å². The molecule has 0 aliphatic carbocycles. The maximum Gasteiger partial charge on any atom is 0.315 e. The van der Waals surface area contributed by atoms with Gasteiger partial charge in [0.15, 0.2) is 0 Å². The molecule has 0 radical (unpaired) electrons. The summed E-state index contributed by atoms with van der Waals surface area (Å²) in [5.74, 6) is -0.634. The predicted octanol–water partition coefficient (Wildman–Crippen LogP) is -1.01. The highest BCUT2D eigenvalue weighted by Crippen LogP contribution is 1.97. The molecule has 0 spiro atoms. The quantitative estimate of drug-likeness (QED) is 0.386. The highest BCUT2D eigenvalue weighted by atomic mass is 16.6. The van der Waals surface area contributed by atoms with Gasteiger partial charge in [0, 0.05) is 25.4 Å². The molecule has 1 saturated heterocycles. The molecule has 0 bridgehead atoms. The average Bonchev–Trinajstić information content (AvgIpc) is 2.35. The number of nitrogens with zero attached hydrogens (tertiary/aromatic N) is 3. The summed E-state index contributed by atoms with van der Waals surface area (Å²) in [6.45, 7) is 2.14. The van der Waals surface area contributed by atoms with Crippen LogP contribution in [0.5, 0.6) is 0 Å². The Morgan fingerprint density at radius 3 is 2.76 bits per heavy atom. The number of carbonyl (C=O) groups excluding carboxylic acids is 1. The zero-order valence-corrected chi connectivity index (χ0v) is 9.24. The van der Waals surface area contributed by atoms with Gasteiger partial charge in [-0.1, -0.05) is 0 Å². The van der Waals surface area contributed by atoms with Crippen LogP contribution in [0.1, 0.15) is 0 Å².